The first-order chi connectivity index (χ1) is 13.8. The van der Waals surface area contributed by atoms with Crippen molar-refractivity contribution >= 4 is 19.8 Å². The van der Waals surface area contributed by atoms with Crippen LogP contribution in [0.1, 0.15) is 12.0 Å². The SMILES string of the molecule is [O-]P1N(c2ccccc2)CC(CCNc2ccccc2)N1Cc1ccccc1. The highest BCUT2D eigenvalue weighted by Gasteiger charge is 2.33. The zero-order chi connectivity index (χ0) is 19.2. The van der Waals surface area contributed by atoms with E-state index in [1.54, 1.807) is 0 Å². The molecule has 0 saturated carbocycles. The van der Waals surface area contributed by atoms with Crippen molar-refractivity contribution in [2.75, 3.05) is 23.1 Å². The molecule has 0 amide bonds. The number of hydrogen-bond acceptors (Lipinski definition) is 4. The highest BCUT2D eigenvalue weighted by Crippen LogP contribution is 2.48. The summed E-state index contributed by atoms with van der Waals surface area (Å²) < 4.78 is 4.20. The minimum Gasteiger partial charge on any atom is -0.801 e. The van der Waals surface area contributed by atoms with Crippen LogP contribution in [0.25, 0.3) is 0 Å². The Labute approximate surface area is 168 Å². The zero-order valence-electron chi connectivity index (χ0n) is 15.8. The van der Waals surface area contributed by atoms with Crippen LogP contribution < -0.4 is 14.9 Å². The van der Waals surface area contributed by atoms with E-state index in [4.69, 9.17) is 0 Å². The van der Waals surface area contributed by atoms with Gasteiger partial charge in [-0.25, -0.2) is 0 Å². The quantitative estimate of drug-likeness (QED) is 0.605. The van der Waals surface area contributed by atoms with Gasteiger partial charge in [-0.05, 0) is 44.7 Å². The molecule has 0 aliphatic carbocycles. The van der Waals surface area contributed by atoms with Gasteiger partial charge in [0.25, 0.3) is 0 Å². The van der Waals surface area contributed by atoms with Gasteiger partial charge in [0.05, 0.1) is 0 Å². The zero-order valence-corrected chi connectivity index (χ0v) is 16.7. The van der Waals surface area contributed by atoms with Crippen LogP contribution in [-0.2, 0) is 6.54 Å². The molecule has 1 N–H and O–H groups in total. The molecule has 0 spiro atoms. The third kappa shape index (κ3) is 4.53. The van der Waals surface area contributed by atoms with Gasteiger partial charge in [0.15, 0.2) is 0 Å². The lowest BCUT2D eigenvalue weighted by atomic mass is 10.1. The Balaban J connectivity index is 1.47. The van der Waals surface area contributed by atoms with Gasteiger partial charge < -0.3 is 14.9 Å². The molecule has 4 rings (SSSR count). The molecular formula is C23H25N3OP-. The van der Waals surface area contributed by atoms with E-state index < -0.39 is 8.45 Å². The maximum atomic E-state index is 13.3. The Kier molecular flexibility index (Phi) is 6.23. The highest BCUT2D eigenvalue weighted by molar-refractivity contribution is 7.49. The molecule has 1 aliphatic heterocycles. The highest BCUT2D eigenvalue weighted by atomic mass is 31.2. The van der Waals surface area contributed by atoms with E-state index in [1.807, 2.05) is 71.4 Å². The fourth-order valence-electron chi connectivity index (χ4n) is 3.59. The molecule has 144 valence electrons. The van der Waals surface area contributed by atoms with Crippen LogP contribution in [0, 0.1) is 0 Å². The molecule has 1 aliphatic rings. The van der Waals surface area contributed by atoms with Crippen molar-refractivity contribution in [3.8, 4) is 0 Å². The van der Waals surface area contributed by atoms with Crippen molar-refractivity contribution in [2.45, 2.75) is 19.0 Å². The van der Waals surface area contributed by atoms with Crippen molar-refractivity contribution in [3.63, 3.8) is 0 Å². The Morgan fingerprint density at radius 2 is 1.46 bits per heavy atom. The van der Waals surface area contributed by atoms with Crippen molar-refractivity contribution in [1.29, 1.82) is 0 Å². The summed E-state index contributed by atoms with van der Waals surface area (Å²) in [5.74, 6) is 0. The molecule has 1 saturated heterocycles. The van der Waals surface area contributed by atoms with Crippen LogP contribution in [0.2, 0.25) is 0 Å². The summed E-state index contributed by atoms with van der Waals surface area (Å²) in [5.41, 5.74) is 3.35. The molecule has 28 heavy (non-hydrogen) atoms. The van der Waals surface area contributed by atoms with E-state index in [9.17, 15) is 4.89 Å². The van der Waals surface area contributed by atoms with Crippen molar-refractivity contribution in [1.82, 2.24) is 4.67 Å². The Morgan fingerprint density at radius 3 is 2.14 bits per heavy atom. The topological polar surface area (TPSA) is 41.6 Å². The van der Waals surface area contributed by atoms with E-state index >= 15 is 0 Å². The number of nitrogens with zero attached hydrogens (tertiary/aromatic N) is 2. The van der Waals surface area contributed by atoms with E-state index in [-0.39, 0.29) is 6.04 Å². The van der Waals surface area contributed by atoms with Gasteiger partial charge in [-0.15, -0.1) is 0 Å². The van der Waals surface area contributed by atoms with Crippen LogP contribution in [0.15, 0.2) is 91.0 Å². The second kappa shape index (κ2) is 9.20. The summed E-state index contributed by atoms with van der Waals surface area (Å²) >= 11 is 0. The van der Waals surface area contributed by atoms with E-state index in [1.165, 1.54) is 5.56 Å². The summed E-state index contributed by atoms with van der Waals surface area (Å²) in [6, 6.07) is 30.9. The Bertz CT molecular complexity index is 847. The van der Waals surface area contributed by atoms with Crippen LogP contribution in [0.4, 0.5) is 11.4 Å². The number of anilines is 2. The predicted molar refractivity (Wildman–Crippen MR) is 116 cm³/mol. The maximum absolute atomic E-state index is 13.3. The summed E-state index contributed by atoms with van der Waals surface area (Å²) in [7, 11) is -1.61. The van der Waals surface area contributed by atoms with Crippen molar-refractivity contribution in [3.05, 3.63) is 96.6 Å². The first-order valence-corrected chi connectivity index (χ1v) is 10.9. The molecule has 3 aromatic carbocycles. The van der Waals surface area contributed by atoms with Crippen LogP contribution in [-0.4, -0.2) is 23.8 Å². The largest absolute Gasteiger partial charge is 0.801 e. The summed E-state index contributed by atoms with van der Waals surface area (Å²) in [4.78, 5) is 13.3. The van der Waals surface area contributed by atoms with Gasteiger partial charge in [0.2, 0.25) is 0 Å². The lowest BCUT2D eigenvalue weighted by Gasteiger charge is -2.37. The molecule has 1 heterocycles. The smallest absolute Gasteiger partial charge is 0.0399 e. The van der Waals surface area contributed by atoms with Crippen molar-refractivity contribution < 1.29 is 4.89 Å². The monoisotopic (exact) mass is 390 g/mol. The first kappa shape index (κ1) is 18.9. The molecule has 1 fully saturated rings. The number of benzene rings is 3. The fraction of sp³-hybridized carbons (Fsp3) is 0.217. The predicted octanol–water partition coefficient (Wildman–Crippen LogP) is 4.47. The Hall–Kier alpha value is -2.39. The number of nitrogens with one attached hydrogen (secondary N) is 1. The standard InChI is InChI=1S/C23H25N3OP/c27-28-25(18-20-10-4-1-5-11-20)23(16-17-24-21-12-6-2-7-13-21)19-26(28)22-14-8-3-9-15-22/h1-15,23-24H,16-19H2/q-1. The molecular weight excluding hydrogens is 365 g/mol. The molecule has 3 aromatic rings. The van der Waals surface area contributed by atoms with Crippen molar-refractivity contribution in [2.24, 2.45) is 0 Å². The summed E-state index contributed by atoms with van der Waals surface area (Å²) in [5, 5.41) is 3.49. The second-order valence-electron chi connectivity index (χ2n) is 6.99. The summed E-state index contributed by atoms with van der Waals surface area (Å²) in [6.45, 7) is 2.34. The number of rotatable bonds is 7. The van der Waals surface area contributed by atoms with Crippen LogP contribution in [0.3, 0.4) is 0 Å². The van der Waals surface area contributed by atoms with Gasteiger partial charge in [0, 0.05) is 37.1 Å². The van der Waals surface area contributed by atoms with E-state index in [2.05, 4.69) is 34.3 Å². The first-order valence-electron chi connectivity index (χ1n) is 9.70. The normalized spacial score (nSPS) is 19.7. The molecule has 0 radical (unpaired) electrons. The van der Waals surface area contributed by atoms with Gasteiger partial charge in [0.1, 0.15) is 0 Å². The minimum absolute atomic E-state index is 0.236. The van der Waals surface area contributed by atoms with E-state index in [0.29, 0.717) is 6.54 Å². The van der Waals surface area contributed by atoms with Crippen LogP contribution >= 0.6 is 8.45 Å². The number of hydrogen-bond donors (Lipinski definition) is 1. The molecule has 2 unspecified atom stereocenters. The third-order valence-electron chi connectivity index (χ3n) is 5.05. The van der Waals surface area contributed by atoms with Gasteiger partial charge in [-0.2, -0.15) is 0 Å². The fourth-order valence-corrected chi connectivity index (χ4v) is 5.27. The number of para-hydroxylation sites is 2. The van der Waals surface area contributed by atoms with Gasteiger partial charge >= 0.3 is 0 Å². The summed E-state index contributed by atoms with van der Waals surface area (Å²) in [6.07, 6.45) is 0.937. The Morgan fingerprint density at radius 1 is 0.857 bits per heavy atom. The maximum Gasteiger partial charge on any atom is 0.0399 e. The minimum atomic E-state index is -1.61. The van der Waals surface area contributed by atoms with Crippen LogP contribution in [0.5, 0.6) is 0 Å². The van der Waals surface area contributed by atoms with Gasteiger partial charge in [-0.3, -0.25) is 4.67 Å². The molecule has 4 nitrogen and oxygen atoms in total. The molecule has 5 heteroatoms. The lowest BCUT2D eigenvalue weighted by molar-refractivity contribution is -0.170. The average molecular weight is 390 g/mol. The third-order valence-corrected chi connectivity index (χ3v) is 6.77. The molecule has 0 aromatic heterocycles. The van der Waals surface area contributed by atoms with E-state index in [0.717, 1.165) is 30.9 Å². The van der Waals surface area contributed by atoms with Gasteiger partial charge in [-0.1, -0.05) is 66.7 Å². The lowest BCUT2D eigenvalue weighted by Crippen LogP contribution is -2.31. The second-order valence-corrected chi connectivity index (χ2v) is 8.49. The molecule has 2 atom stereocenters. The average Bonchev–Trinajstić information content (AvgIpc) is 3.06. The molecule has 0 bridgehead atoms.